The lowest BCUT2D eigenvalue weighted by Crippen LogP contribution is -2.23. The summed E-state index contributed by atoms with van der Waals surface area (Å²) in [6.07, 6.45) is 1.95. The first-order valence-corrected chi connectivity index (χ1v) is 7.79. The van der Waals surface area contributed by atoms with Gasteiger partial charge in [-0.1, -0.05) is 49.9 Å². The molecule has 0 aliphatic rings. The molecule has 4 nitrogen and oxygen atoms in total. The minimum Gasteiger partial charge on any atom is -0.497 e. The molecule has 124 valence electrons. The van der Waals surface area contributed by atoms with E-state index in [2.05, 4.69) is 11.6 Å². The quantitative estimate of drug-likeness (QED) is 0.433. The third-order valence-electron chi connectivity index (χ3n) is 3.48. The van der Waals surface area contributed by atoms with Crippen LogP contribution in [0, 0.1) is 0 Å². The summed E-state index contributed by atoms with van der Waals surface area (Å²) in [5.74, 6) is 0.263. The highest BCUT2D eigenvalue weighted by Crippen LogP contribution is 2.19. The van der Waals surface area contributed by atoms with Crippen LogP contribution in [-0.2, 0) is 9.53 Å². The minimum atomic E-state index is -0.469. The lowest BCUT2D eigenvalue weighted by molar-refractivity contribution is -0.138. The minimum absolute atomic E-state index is 0.265. The van der Waals surface area contributed by atoms with Crippen molar-refractivity contribution in [1.29, 1.82) is 0 Å². The van der Waals surface area contributed by atoms with Crippen LogP contribution in [0.3, 0.4) is 0 Å². The number of methoxy groups -OCH3 is 1. The lowest BCUT2D eigenvalue weighted by atomic mass is 10.1. The normalized spacial score (nSPS) is 12.3. The number of esters is 1. The van der Waals surface area contributed by atoms with Gasteiger partial charge in [-0.15, -0.1) is 0 Å². The van der Waals surface area contributed by atoms with Gasteiger partial charge in [0.1, 0.15) is 11.9 Å². The van der Waals surface area contributed by atoms with Crippen LogP contribution in [0.4, 0.5) is 5.69 Å². The van der Waals surface area contributed by atoms with Gasteiger partial charge >= 0.3 is 5.97 Å². The SMILES string of the molecule is C=CC(CC)OC(=O)C(=Nc1ccc(OC)cc1)c1ccccc1. The van der Waals surface area contributed by atoms with E-state index in [1.54, 1.807) is 37.5 Å². The number of carbonyl (C=O) groups excluding carboxylic acids is 1. The van der Waals surface area contributed by atoms with E-state index in [1.807, 2.05) is 37.3 Å². The van der Waals surface area contributed by atoms with Gasteiger partial charge in [-0.3, -0.25) is 0 Å². The molecule has 0 amide bonds. The largest absolute Gasteiger partial charge is 0.497 e. The number of carbonyl (C=O) groups is 1. The number of rotatable bonds is 7. The maximum Gasteiger partial charge on any atom is 0.358 e. The van der Waals surface area contributed by atoms with Crippen molar-refractivity contribution >= 4 is 17.4 Å². The summed E-state index contributed by atoms with van der Waals surface area (Å²) in [6, 6.07) is 16.4. The van der Waals surface area contributed by atoms with Gasteiger partial charge in [0.25, 0.3) is 0 Å². The maximum absolute atomic E-state index is 12.6. The molecule has 24 heavy (non-hydrogen) atoms. The van der Waals surface area contributed by atoms with Crippen LogP contribution in [0.2, 0.25) is 0 Å². The molecule has 1 unspecified atom stereocenters. The van der Waals surface area contributed by atoms with Gasteiger partial charge in [0, 0.05) is 5.56 Å². The molecular formula is C20H21NO3. The standard InChI is InChI=1S/C20H21NO3/c1-4-17(5-2)24-20(22)19(15-9-7-6-8-10-15)21-16-11-13-18(23-3)14-12-16/h4,6-14,17H,1,5H2,2-3H3. The van der Waals surface area contributed by atoms with E-state index in [9.17, 15) is 4.79 Å². The first-order chi connectivity index (χ1) is 11.7. The monoisotopic (exact) mass is 323 g/mol. The molecule has 1 atom stereocenters. The van der Waals surface area contributed by atoms with Crippen LogP contribution in [0.5, 0.6) is 5.75 Å². The zero-order valence-electron chi connectivity index (χ0n) is 13.9. The Morgan fingerprint density at radius 2 is 1.83 bits per heavy atom. The fraction of sp³-hybridized carbons (Fsp3) is 0.200. The van der Waals surface area contributed by atoms with Crippen molar-refractivity contribution in [2.75, 3.05) is 7.11 Å². The van der Waals surface area contributed by atoms with Gasteiger partial charge in [-0.05, 0) is 30.7 Å². The van der Waals surface area contributed by atoms with Gasteiger partial charge < -0.3 is 9.47 Å². The number of hydrogen-bond donors (Lipinski definition) is 0. The summed E-state index contributed by atoms with van der Waals surface area (Å²) in [7, 11) is 1.60. The van der Waals surface area contributed by atoms with E-state index in [0.29, 0.717) is 17.7 Å². The van der Waals surface area contributed by atoms with Crippen LogP contribution in [0.25, 0.3) is 0 Å². The van der Waals surface area contributed by atoms with Crippen molar-refractivity contribution in [3.05, 3.63) is 72.8 Å². The Morgan fingerprint density at radius 3 is 2.38 bits per heavy atom. The molecule has 4 heteroatoms. The second-order valence-corrected chi connectivity index (χ2v) is 5.11. The molecule has 0 bridgehead atoms. The summed E-state index contributed by atoms with van der Waals surface area (Å²) in [4.78, 5) is 17.1. The van der Waals surface area contributed by atoms with Crippen LogP contribution in [0.1, 0.15) is 18.9 Å². The predicted molar refractivity (Wildman–Crippen MR) is 96.0 cm³/mol. The van der Waals surface area contributed by atoms with Crippen molar-refractivity contribution in [1.82, 2.24) is 0 Å². The molecule has 2 aromatic carbocycles. The third-order valence-corrected chi connectivity index (χ3v) is 3.48. The lowest BCUT2D eigenvalue weighted by Gasteiger charge is -2.13. The van der Waals surface area contributed by atoms with Gasteiger partial charge in [-0.2, -0.15) is 0 Å². The number of benzene rings is 2. The summed E-state index contributed by atoms with van der Waals surface area (Å²) < 4.78 is 10.6. The Hall–Kier alpha value is -2.88. The average molecular weight is 323 g/mol. The maximum atomic E-state index is 12.6. The first kappa shape index (κ1) is 17.5. The first-order valence-electron chi connectivity index (χ1n) is 7.79. The Balaban J connectivity index is 2.36. The van der Waals surface area contributed by atoms with E-state index in [1.165, 1.54) is 0 Å². The number of ether oxygens (including phenoxy) is 2. The molecule has 0 aliphatic carbocycles. The zero-order chi connectivity index (χ0) is 17.4. The summed E-state index contributed by atoms with van der Waals surface area (Å²) in [6.45, 7) is 5.62. The molecule has 0 aliphatic heterocycles. The molecule has 0 fully saturated rings. The average Bonchev–Trinajstić information content (AvgIpc) is 2.65. The van der Waals surface area contributed by atoms with E-state index < -0.39 is 5.97 Å². The molecule has 0 radical (unpaired) electrons. The Morgan fingerprint density at radius 1 is 1.17 bits per heavy atom. The third kappa shape index (κ3) is 4.56. The van der Waals surface area contributed by atoms with E-state index in [4.69, 9.17) is 9.47 Å². The van der Waals surface area contributed by atoms with E-state index in [-0.39, 0.29) is 11.8 Å². The van der Waals surface area contributed by atoms with Crippen molar-refractivity contribution in [3.8, 4) is 5.75 Å². The van der Waals surface area contributed by atoms with Crippen molar-refractivity contribution < 1.29 is 14.3 Å². The van der Waals surface area contributed by atoms with Crippen molar-refractivity contribution in [2.24, 2.45) is 4.99 Å². The van der Waals surface area contributed by atoms with Crippen LogP contribution in [0.15, 0.2) is 72.2 Å². The molecule has 2 rings (SSSR count). The highest BCUT2D eigenvalue weighted by Gasteiger charge is 2.18. The fourth-order valence-corrected chi connectivity index (χ4v) is 2.10. The Kier molecular flexibility index (Phi) is 6.32. The molecule has 2 aromatic rings. The fourth-order valence-electron chi connectivity index (χ4n) is 2.10. The van der Waals surface area contributed by atoms with Crippen LogP contribution in [-0.4, -0.2) is 24.9 Å². The molecule has 0 saturated carbocycles. The second kappa shape index (κ2) is 8.67. The van der Waals surface area contributed by atoms with Gasteiger partial charge in [0.2, 0.25) is 0 Å². The summed E-state index contributed by atoms with van der Waals surface area (Å²) >= 11 is 0. The molecule has 0 aromatic heterocycles. The number of aliphatic imine (C=N–C) groups is 1. The Labute approximate surface area is 142 Å². The molecule has 0 N–H and O–H groups in total. The highest BCUT2D eigenvalue weighted by molar-refractivity contribution is 6.43. The molecular weight excluding hydrogens is 302 g/mol. The van der Waals surface area contributed by atoms with E-state index in [0.717, 1.165) is 5.75 Å². The van der Waals surface area contributed by atoms with Gasteiger partial charge in [0.05, 0.1) is 12.8 Å². The summed E-state index contributed by atoms with van der Waals surface area (Å²) in [5, 5.41) is 0. The van der Waals surface area contributed by atoms with Crippen molar-refractivity contribution in [2.45, 2.75) is 19.4 Å². The smallest absolute Gasteiger partial charge is 0.358 e. The topological polar surface area (TPSA) is 47.9 Å². The number of nitrogens with zero attached hydrogens (tertiary/aromatic N) is 1. The van der Waals surface area contributed by atoms with Crippen LogP contribution < -0.4 is 4.74 Å². The predicted octanol–water partition coefficient (Wildman–Crippen LogP) is 4.32. The van der Waals surface area contributed by atoms with Crippen molar-refractivity contribution in [3.63, 3.8) is 0 Å². The second-order valence-electron chi connectivity index (χ2n) is 5.11. The summed E-state index contributed by atoms with van der Waals surface area (Å²) in [5.41, 5.74) is 1.62. The zero-order valence-corrected chi connectivity index (χ0v) is 13.9. The Bertz CT molecular complexity index is 705. The molecule has 0 spiro atoms. The van der Waals surface area contributed by atoms with E-state index >= 15 is 0 Å². The molecule has 0 heterocycles. The highest BCUT2D eigenvalue weighted by atomic mass is 16.5. The van der Waals surface area contributed by atoms with Crippen LogP contribution >= 0.6 is 0 Å². The van der Waals surface area contributed by atoms with Gasteiger partial charge in [-0.25, -0.2) is 9.79 Å². The molecule has 0 saturated heterocycles. The van der Waals surface area contributed by atoms with Gasteiger partial charge in [0.15, 0.2) is 5.71 Å². The number of hydrogen-bond acceptors (Lipinski definition) is 4.